The van der Waals surface area contributed by atoms with Crippen LogP contribution in [0.5, 0.6) is 11.5 Å². The lowest BCUT2D eigenvalue weighted by atomic mass is 10.1. The lowest BCUT2D eigenvalue weighted by Gasteiger charge is -2.19. The molecule has 0 aliphatic carbocycles. The topological polar surface area (TPSA) is 54.1 Å². The van der Waals surface area contributed by atoms with E-state index in [1.54, 1.807) is 4.68 Å². The lowest BCUT2D eigenvalue weighted by Crippen LogP contribution is -2.15. The molecule has 3 heterocycles. The molecule has 1 aromatic carbocycles. The second kappa shape index (κ2) is 5.79. The van der Waals surface area contributed by atoms with E-state index in [1.165, 1.54) is 5.56 Å². The highest BCUT2D eigenvalue weighted by Crippen LogP contribution is 2.31. The van der Waals surface area contributed by atoms with Gasteiger partial charge in [-0.3, -0.25) is 4.68 Å². The van der Waals surface area contributed by atoms with Gasteiger partial charge in [-0.15, -0.1) is 0 Å². The number of imidazole rings is 1. The number of hydrogen-bond acceptors (Lipinski definition) is 4. The summed E-state index contributed by atoms with van der Waals surface area (Å²) in [6, 6.07) is 6.14. The Bertz CT molecular complexity index is 822. The smallest absolute Gasteiger partial charge is 0.161 e. The molecule has 0 fully saturated rings. The molecule has 0 spiro atoms. The van der Waals surface area contributed by atoms with E-state index < -0.39 is 0 Å². The molecule has 0 amide bonds. The number of aryl methyl sites for hydroxylation is 3. The van der Waals surface area contributed by atoms with Crippen LogP contribution in [0.1, 0.15) is 5.56 Å². The fraction of sp³-hybridized carbons (Fsp3) is 0.294. The Morgan fingerprint density at radius 2 is 2.00 bits per heavy atom. The van der Waals surface area contributed by atoms with Crippen molar-refractivity contribution in [1.29, 1.82) is 0 Å². The van der Waals surface area contributed by atoms with Gasteiger partial charge in [-0.05, 0) is 24.1 Å². The Balaban J connectivity index is 1.51. The highest BCUT2D eigenvalue weighted by Gasteiger charge is 2.12. The predicted octanol–water partition coefficient (Wildman–Crippen LogP) is 2.30. The molecule has 1 aliphatic rings. The largest absolute Gasteiger partial charge is 0.486 e. The molecule has 0 N–H and O–H groups in total. The van der Waals surface area contributed by atoms with Gasteiger partial charge in [0.2, 0.25) is 0 Å². The maximum Gasteiger partial charge on any atom is 0.161 e. The minimum absolute atomic E-state index is 0.614. The predicted molar refractivity (Wildman–Crippen MR) is 85.6 cm³/mol. The van der Waals surface area contributed by atoms with Gasteiger partial charge < -0.3 is 14.0 Å². The number of ether oxygens (including phenoxy) is 2. The van der Waals surface area contributed by atoms with Crippen LogP contribution in [0.15, 0.2) is 43.1 Å². The number of benzene rings is 1. The Hall–Kier alpha value is -2.76. The Morgan fingerprint density at radius 1 is 1.13 bits per heavy atom. The number of nitrogens with zero attached hydrogens (tertiary/aromatic N) is 4. The fourth-order valence-corrected chi connectivity index (χ4v) is 2.79. The van der Waals surface area contributed by atoms with Gasteiger partial charge >= 0.3 is 0 Å². The van der Waals surface area contributed by atoms with Crippen LogP contribution in [0, 0.1) is 0 Å². The minimum Gasteiger partial charge on any atom is -0.486 e. The average molecular weight is 310 g/mol. The van der Waals surface area contributed by atoms with E-state index >= 15 is 0 Å². The summed E-state index contributed by atoms with van der Waals surface area (Å²) in [5, 5.41) is 4.23. The quantitative estimate of drug-likeness (QED) is 0.742. The molecule has 0 unspecified atom stereocenters. The van der Waals surface area contributed by atoms with Crippen molar-refractivity contribution in [2.75, 3.05) is 13.2 Å². The summed E-state index contributed by atoms with van der Waals surface area (Å²) in [6.45, 7) is 2.09. The zero-order chi connectivity index (χ0) is 15.6. The molecule has 0 atom stereocenters. The second-order valence-electron chi connectivity index (χ2n) is 5.60. The van der Waals surface area contributed by atoms with E-state index in [0.717, 1.165) is 35.7 Å². The van der Waals surface area contributed by atoms with Gasteiger partial charge in [-0.25, -0.2) is 4.98 Å². The standard InChI is InChI=1S/C17H18N4O2/c1-20-11-14(9-19-20)15-10-18-12-21(15)5-4-13-2-3-16-17(8-13)23-7-6-22-16/h2-3,8-12H,4-7H2,1H3. The van der Waals surface area contributed by atoms with Crippen LogP contribution >= 0.6 is 0 Å². The summed E-state index contributed by atoms with van der Waals surface area (Å²) in [4.78, 5) is 4.27. The van der Waals surface area contributed by atoms with Crippen molar-refractivity contribution in [1.82, 2.24) is 19.3 Å². The third-order valence-electron chi connectivity index (χ3n) is 3.96. The van der Waals surface area contributed by atoms with Gasteiger partial charge in [0.1, 0.15) is 13.2 Å². The Morgan fingerprint density at radius 3 is 2.83 bits per heavy atom. The molecule has 3 aromatic rings. The summed E-state index contributed by atoms with van der Waals surface area (Å²) < 4.78 is 15.1. The molecule has 4 rings (SSSR count). The van der Waals surface area contributed by atoms with E-state index in [-0.39, 0.29) is 0 Å². The summed E-state index contributed by atoms with van der Waals surface area (Å²) in [6.07, 6.45) is 8.50. The van der Waals surface area contributed by atoms with Crippen molar-refractivity contribution in [2.45, 2.75) is 13.0 Å². The highest BCUT2D eigenvalue weighted by atomic mass is 16.6. The lowest BCUT2D eigenvalue weighted by molar-refractivity contribution is 0.171. The van der Waals surface area contributed by atoms with Gasteiger partial charge in [0, 0.05) is 25.4 Å². The summed E-state index contributed by atoms with van der Waals surface area (Å²) >= 11 is 0. The first-order valence-corrected chi connectivity index (χ1v) is 7.67. The van der Waals surface area contributed by atoms with E-state index in [4.69, 9.17) is 9.47 Å². The van der Waals surface area contributed by atoms with Crippen molar-refractivity contribution in [2.24, 2.45) is 7.05 Å². The van der Waals surface area contributed by atoms with Crippen LogP contribution in [0.3, 0.4) is 0 Å². The maximum absolute atomic E-state index is 5.64. The van der Waals surface area contributed by atoms with E-state index in [0.29, 0.717) is 13.2 Å². The van der Waals surface area contributed by atoms with Crippen LogP contribution in [-0.4, -0.2) is 32.5 Å². The van der Waals surface area contributed by atoms with Crippen molar-refractivity contribution < 1.29 is 9.47 Å². The summed E-state index contributed by atoms with van der Waals surface area (Å²) in [7, 11) is 1.92. The van der Waals surface area contributed by atoms with Crippen molar-refractivity contribution in [3.63, 3.8) is 0 Å². The van der Waals surface area contributed by atoms with E-state index in [1.807, 2.05) is 38.0 Å². The van der Waals surface area contributed by atoms with E-state index in [9.17, 15) is 0 Å². The average Bonchev–Trinajstić information content (AvgIpc) is 3.21. The van der Waals surface area contributed by atoms with Gasteiger partial charge in [0.25, 0.3) is 0 Å². The molecule has 0 saturated carbocycles. The van der Waals surface area contributed by atoms with Gasteiger partial charge in [0.15, 0.2) is 11.5 Å². The molecule has 118 valence electrons. The normalized spacial score (nSPS) is 13.3. The van der Waals surface area contributed by atoms with Crippen LogP contribution < -0.4 is 9.47 Å². The molecule has 0 saturated heterocycles. The minimum atomic E-state index is 0.614. The number of fused-ring (bicyclic) bond motifs is 1. The molecule has 2 aromatic heterocycles. The third kappa shape index (κ3) is 2.79. The monoisotopic (exact) mass is 310 g/mol. The highest BCUT2D eigenvalue weighted by molar-refractivity contribution is 5.56. The van der Waals surface area contributed by atoms with Crippen LogP contribution in [0.4, 0.5) is 0 Å². The zero-order valence-corrected chi connectivity index (χ0v) is 13.0. The molecule has 0 radical (unpaired) electrons. The molecule has 23 heavy (non-hydrogen) atoms. The molecule has 1 aliphatic heterocycles. The SMILES string of the molecule is Cn1cc(-c2cncn2CCc2ccc3c(c2)OCCO3)cn1. The fourth-order valence-electron chi connectivity index (χ4n) is 2.79. The first-order chi connectivity index (χ1) is 11.3. The number of hydrogen-bond donors (Lipinski definition) is 0. The Labute approximate surface area is 134 Å². The zero-order valence-electron chi connectivity index (χ0n) is 13.0. The molecule has 0 bridgehead atoms. The van der Waals surface area contributed by atoms with Crippen LogP contribution in [-0.2, 0) is 20.0 Å². The second-order valence-corrected chi connectivity index (χ2v) is 5.60. The third-order valence-corrected chi connectivity index (χ3v) is 3.96. The van der Waals surface area contributed by atoms with Crippen molar-refractivity contribution in [3.05, 3.63) is 48.7 Å². The molecular formula is C17H18N4O2. The van der Waals surface area contributed by atoms with Crippen LogP contribution in [0.2, 0.25) is 0 Å². The first kappa shape index (κ1) is 13.9. The van der Waals surface area contributed by atoms with Crippen molar-refractivity contribution >= 4 is 0 Å². The first-order valence-electron chi connectivity index (χ1n) is 7.67. The van der Waals surface area contributed by atoms with Gasteiger partial charge in [-0.1, -0.05) is 6.07 Å². The van der Waals surface area contributed by atoms with Crippen LogP contribution in [0.25, 0.3) is 11.3 Å². The van der Waals surface area contributed by atoms with Gasteiger partial charge in [-0.2, -0.15) is 5.10 Å². The molecular weight excluding hydrogens is 292 g/mol. The van der Waals surface area contributed by atoms with Crippen molar-refractivity contribution in [3.8, 4) is 22.8 Å². The maximum atomic E-state index is 5.64. The summed E-state index contributed by atoms with van der Waals surface area (Å²) in [5.74, 6) is 1.67. The Kier molecular flexibility index (Phi) is 3.49. The number of rotatable bonds is 4. The van der Waals surface area contributed by atoms with E-state index in [2.05, 4.69) is 26.8 Å². The number of aromatic nitrogens is 4. The van der Waals surface area contributed by atoms with Gasteiger partial charge in [0.05, 0.1) is 24.4 Å². The molecule has 6 nitrogen and oxygen atoms in total. The molecule has 6 heteroatoms. The summed E-state index contributed by atoms with van der Waals surface area (Å²) in [5.41, 5.74) is 3.38.